The van der Waals surface area contributed by atoms with Crippen molar-refractivity contribution in [3.8, 4) is 5.75 Å². The van der Waals surface area contributed by atoms with Crippen molar-refractivity contribution < 1.29 is 9.53 Å². The molecule has 2 bridgehead atoms. The van der Waals surface area contributed by atoms with E-state index in [-0.39, 0.29) is 5.92 Å². The number of benzene rings is 1. The topological polar surface area (TPSA) is 29.5 Å². The molecule has 2 aliphatic heterocycles. The molecule has 0 radical (unpaired) electrons. The number of hydrogen-bond acceptors (Lipinski definition) is 3. The standard InChI is InChI=1S/C18H25NO2/c1-3-21-17-9-7-13(8-10-17)18(20)14-11-15-5-4-6-16(12-14)19(15)2/h7-10,14-16H,3-6,11-12H2,1-2H3. The lowest BCUT2D eigenvalue weighted by molar-refractivity contribution is 0.0338. The van der Waals surface area contributed by atoms with Gasteiger partial charge in [0, 0.05) is 23.6 Å². The summed E-state index contributed by atoms with van der Waals surface area (Å²) in [5.41, 5.74) is 0.839. The van der Waals surface area contributed by atoms with Crippen LogP contribution < -0.4 is 4.74 Å². The van der Waals surface area contributed by atoms with Crippen LogP contribution in [0.15, 0.2) is 24.3 Å². The fourth-order valence-corrected chi connectivity index (χ4v) is 3.95. The minimum atomic E-state index is 0.203. The van der Waals surface area contributed by atoms with E-state index in [2.05, 4.69) is 11.9 Å². The molecule has 3 rings (SSSR count). The van der Waals surface area contributed by atoms with Gasteiger partial charge in [0.2, 0.25) is 0 Å². The molecule has 2 aliphatic rings. The zero-order chi connectivity index (χ0) is 14.8. The van der Waals surface area contributed by atoms with Gasteiger partial charge in [-0.3, -0.25) is 4.79 Å². The highest BCUT2D eigenvalue weighted by atomic mass is 16.5. The van der Waals surface area contributed by atoms with Crippen molar-refractivity contribution in [2.24, 2.45) is 5.92 Å². The Morgan fingerprint density at radius 1 is 1.19 bits per heavy atom. The molecule has 2 fully saturated rings. The van der Waals surface area contributed by atoms with Crippen LogP contribution in [0.1, 0.15) is 49.4 Å². The van der Waals surface area contributed by atoms with E-state index in [1.807, 2.05) is 31.2 Å². The zero-order valence-corrected chi connectivity index (χ0v) is 13.0. The number of hydrogen-bond donors (Lipinski definition) is 0. The largest absolute Gasteiger partial charge is 0.494 e. The second-order valence-electron chi connectivity index (χ2n) is 6.39. The van der Waals surface area contributed by atoms with Crippen LogP contribution in [0.2, 0.25) is 0 Å². The molecule has 0 spiro atoms. The van der Waals surface area contributed by atoms with Gasteiger partial charge >= 0.3 is 0 Å². The first kappa shape index (κ1) is 14.6. The van der Waals surface area contributed by atoms with E-state index >= 15 is 0 Å². The van der Waals surface area contributed by atoms with Crippen LogP contribution in [0.25, 0.3) is 0 Å². The van der Waals surface area contributed by atoms with Crippen LogP contribution >= 0.6 is 0 Å². The van der Waals surface area contributed by atoms with E-state index in [1.165, 1.54) is 19.3 Å². The number of ketones is 1. The van der Waals surface area contributed by atoms with Crippen LogP contribution in [0.3, 0.4) is 0 Å². The number of ether oxygens (including phenoxy) is 1. The lowest BCUT2D eigenvalue weighted by Crippen LogP contribution is -2.51. The second kappa shape index (κ2) is 6.18. The number of carbonyl (C=O) groups is 1. The van der Waals surface area contributed by atoms with E-state index in [4.69, 9.17) is 4.74 Å². The highest BCUT2D eigenvalue weighted by molar-refractivity contribution is 5.98. The van der Waals surface area contributed by atoms with Gasteiger partial charge in [-0.2, -0.15) is 0 Å². The van der Waals surface area contributed by atoms with E-state index in [0.717, 1.165) is 24.2 Å². The Bertz CT molecular complexity index is 482. The summed E-state index contributed by atoms with van der Waals surface area (Å²) in [7, 11) is 2.23. The third-order valence-corrected chi connectivity index (χ3v) is 5.16. The number of Topliss-reactive ketones (excluding diaryl/α,β-unsaturated/α-hetero) is 1. The molecule has 2 unspecified atom stereocenters. The van der Waals surface area contributed by atoms with Crippen molar-refractivity contribution in [3.05, 3.63) is 29.8 Å². The number of piperidine rings is 2. The summed E-state index contributed by atoms with van der Waals surface area (Å²) in [4.78, 5) is 15.3. The SMILES string of the molecule is CCOc1ccc(C(=O)C2CC3CCCC(C2)N3C)cc1. The van der Waals surface area contributed by atoms with E-state index < -0.39 is 0 Å². The summed E-state index contributed by atoms with van der Waals surface area (Å²) in [6.45, 7) is 2.63. The summed E-state index contributed by atoms with van der Waals surface area (Å²) < 4.78 is 5.44. The second-order valence-corrected chi connectivity index (χ2v) is 6.39. The molecule has 0 aliphatic carbocycles. The Morgan fingerprint density at radius 2 is 1.81 bits per heavy atom. The Kier molecular flexibility index (Phi) is 4.29. The molecule has 0 saturated carbocycles. The van der Waals surface area contributed by atoms with Gasteiger partial charge in [0.05, 0.1) is 6.61 Å². The van der Waals surface area contributed by atoms with Crippen molar-refractivity contribution in [1.82, 2.24) is 4.90 Å². The highest BCUT2D eigenvalue weighted by Gasteiger charge is 2.38. The first-order valence-electron chi connectivity index (χ1n) is 8.18. The van der Waals surface area contributed by atoms with Gasteiger partial charge in [-0.1, -0.05) is 6.42 Å². The molecule has 114 valence electrons. The molecule has 0 amide bonds. The molecule has 1 aromatic carbocycles. The molecular formula is C18H25NO2. The van der Waals surface area contributed by atoms with Gasteiger partial charge in [-0.05, 0) is 63.9 Å². The molecule has 21 heavy (non-hydrogen) atoms. The maximum Gasteiger partial charge on any atom is 0.166 e. The molecule has 2 heterocycles. The maximum absolute atomic E-state index is 12.7. The minimum absolute atomic E-state index is 0.203. The van der Waals surface area contributed by atoms with Crippen LogP contribution in [-0.4, -0.2) is 36.4 Å². The maximum atomic E-state index is 12.7. The van der Waals surface area contributed by atoms with Gasteiger partial charge in [0.1, 0.15) is 5.75 Å². The van der Waals surface area contributed by atoms with Crippen molar-refractivity contribution in [2.75, 3.05) is 13.7 Å². The number of carbonyl (C=O) groups excluding carboxylic acids is 1. The molecule has 0 N–H and O–H groups in total. The van der Waals surface area contributed by atoms with Crippen LogP contribution in [0, 0.1) is 5.92 Å². The Morgan fingerprint density at radius 3 is 2.38 bits per heavy atom. The molecule has 2 atom stereocenters. The van der Waals surface area contributed by atoms with Gasteiger partial charge in [-0.15, -0.1) is 0 Å². The number of rotatable bonds is 4. The van der Waals surface area contributed by atoms with Crippen molar-refractivity contribution in [1.29, 1.82) is 0 Å². The van der Waals surface area contributed by atoms with E-state index in [1.54, 1.807) is 0 Å². The van der Waals surface area contributed by atoms with E-state index in [9.17, 15) is 4.79 Å². The fraction of sp³-hybridized carbons (Fsp3) is 0.611. The lowest BCUT2D eigenvalue weighted by Gasteiger charge is -2.46. The fourth-order valence-electron chi connectivity index (χ4n) is 3.95. The zero-order valence-electron chi connectivity index (χ0n) is 13.0. The average molecular weight is 287 g/mol. The molecular weight excluding hydrogens is 262 g/mol. The van der Waals surface area contributed by atoms with Gasteiger partial charge in [0.25, 0.3) is 0 Å². The van der Waals surface area contributed by atoms with Crippen molar-refractivity contribution in [2.45, 2.75) is 51.1 Å². The van der Waals surface area contributed by atoms with Crippen LogP contribution in [0.5, 0.6) is 5.75 Å². The van der Waals surface area contributed by atoms with Gasteiger partial charge in [0.15, 0.2) is 5.78 Å². The third kappa shape index (κ3) is 2.98. The summed E-state index contributed by atoms with van der Waals surface area (Å²) in [5, 5.41) is 0. The monoisotopic (exact) mass is 287 g/mol. The summed E-state index contributed by atoms with van der Waals surface area (Å²) in [5.74, 6) is 1.37. The van der Waals surface area contributed by atoms with E-state index in [0.29, 0.717) is 24.5 Å². The Hall–Kier alpha value is -1.35. The highest BCUT2D eigenvalue weighted by Crippen LogP contribution is 2.37. The molecule has 0 aromatic heterocycles. The smallest absolute Gasteiger partial charge is 0.166 e. The van der Waals surface area contributed by atoms with Crippen molar-refractivity contribution in [3.63, 3.8) is 0 Å². The van der Waals surface area contributed by atoms with Crippen LogP contribution in [0.4, 0.5) is 0 Å². The third-order valence-electron chi connectivity index (χ3n) is 5.16. The first-order chi connectivity index (χ1) is 10.2. The predicted molar refractivity (Wildman–Crippen MR) is 83.9 cm³/mol. The Labute approximate surface area is 127 Å². The summed E-state index contributed by atoms with van der Waals surface area (Å²) >= 11 is 0. The molecule has 3 heteroatoms. The molecule has 3 nitrogen and oxygen atoms in total. The minimum Gasteiger partial charge on any atom is -0.494 e. The normalized spacial score (nSPS) is 29.1. The van der Waals surface area contributed by atoms with Gasteiger partial charge < -0.3 is 9.64 Å². The number of fused-ring (bicyclic) bond motifs is 2. The van der Waals surface area contributed by atoms with Crippen molar-refractivity contribution >= 4 is 5.78 Å². The predicted octanol–water partition coefficient (Wildman–Crippen LogP) is 3.53. The number of nitrogens with zero attached hydrogens (tertiary/aromatic N) is 1. The Balaban J connectivity index is 1.70. The quantitative estimate of drug-likeness (QED) is 0.793. The lowest BCUT2D eigenvalue weighted by atomic mass is 9.76. The summed E-state index contributed by atoms with van der Waals surface area (Å²) in [6, 6.07) is 8.87. The molecule has 1 aromatic rings. The average Bonchev–Trinajstić information content (AvgIpc) is 2.47. The molecule has 2 saturated heterocycles. The van der Waals surface area contributed by atoms with Gasteiger partial charge in [-0.25, -0.2) is 0 Å². The van der Waals surface area contributed by atoms with Crippen LogP contribution in [-0.2, 0) is 0 Å². The first-order valence-corrected chi connectivity index (χ1v) is 8.18. The summed E-state index contributed by atoms with van der Waals surface area (Å²) in [6.07, 6.45) is 5.88.